The molecule has 5 atom stereocenters. The standard InChI is InChI=1S/C26H41N5O4S2.C11H19N3O2S.CH3B.CH4.HI/c1-16(2)23(30-25(33)31(7)12-20-14-36-24(29-20)17(3)4)22(32)10-18(5)8-9-19(6)28-26(34)35-13-21-11-27-15-37-21;1-8(12)3-4-9(2)14-11(15)16-6-10-5-13-7-17-10;1-2;;/h11,14-19,23H,8-10,12-13H2,1-7H3,(H,28,34)(H,30,33);5,7-9H,3-4,6,12H2,1-2H3,(H,14,15);1H3;1H4;1H/t18-,19-,23-;8-,9-;;;/m00.../s1. The van der Waals surface area contributed by atoms with Gasteiger partial charge in [0.25, 0.3) is 0 Å². The SMILES string of the molecule is C.CC(C)c1nc(CN(C)C(=O)N[C@H](C(=O)C[C@@H](C)CC[C@H](C)NC(=O)OCc2cncs2)C(C)C)cs1.C[C@H](N)CC[C@H](C)NC(=O)OCc1cncs1.I.[B]C. The lowest BCUT2D eigenvalue weighted by atomic mass is 9.90. The van der Waals surface area contributed by atoms with Gasteiger partial charge in [-0.05, 0) is 58.3 Å². The first-order valence-electron chi connectivity index (χ1n) is 19.0. The molecule has 14 nitrogen and oxygen atoms in total. The number of nitrogens with two attached hydrogens (primary N) is 1. The first-order chi connectivity index (χ1) is 26.5. The molecule has 0 aromatic carbocycles. The highest BCUT2D eigenvalue weighted by atomic mass is 127. The van der Waals surface area contributed by atoms with Crippen molar-refractivity contribution in [3.63, 3.8) is 0 Å². The van der Waals surface area contributed by atoms with E-state index in [1.165, 1.54) is 29.5 Å². The third-order valence-corrected chi connectivity index (χ3v) is 10.9. The Kier molecular flexibility index (Phi) is 31.5. The van der Waals surface area contributed by atoms with E-state index in [2.05, 4.69) is 52.6 Å². The molecule has 0 spiro atoms. The highest BCUT2D eigenvalue weighted by molar-refractivity contribution is 14.0. The number of ether oxygens (including phenoxy) is 2. The molecule has 0 aliphatic heterocycles. The average molecular weight is 979 g/mol. The molecule has 3 aromatic rings. The number of hydrogen-bond acceptors (Lipinski definition) is 13. The summed E-state index contributed by atoms with van der Waals surface area (Å²) in [4.78, 5) is 65.1. The van der Waals surface area contributed by atoms with Gasteiger partial charge in [-0.15, -0.1) is 58.0 Å². The van der Waals surface area contributed by atoms with Crippen LogP contribution in [-0.2, 0) is 34.0 Å². The van der Waals surface area contributed by atoms with Gasteiger partial charge in [-0.2, -0.15) is 0 Å². The van der Waals surface area contributed by atoms with E-state index >= 15 is 0 Å². The maximum atomic E-state index is 13.1. The zero-order valence-electron chi connectivity index (χ0n) is 35.1. The number of hydrogen-bond donors (Lipinski definition) is 4. The maximum Gasteiger partial charge on any atom is 0.407 e. The molecule has 328 valence electrons. The van der Waals surface area contributed by atoms with Crippen LogP contribution in [0, 0.1) is 11.8 Å². The highest BCUT2D eigenvalue weighted by Gasteiger charge is 2.27. The van der Waals surface area contributed by atoms with E-state index in [1.807, 2.05) is 46.9 Å². The molecule has 0 bridgehead atoms. The fourth-order valence-corrected chi connectivity index (χ4v) is 6.83. The summed E-state index contributed by atoms with van der Waals surface area (Å²) < 4.78 is 10.3. The van der Waals surface area contributed by atoms with Crippen molar-refractivity contribution in [2.24, 2.45) is 17.6 Å². The zero-order valence-corrected chi connectivity index (χ0v) is 39.9. The number of ketones is 1. The first kappa shape index (κ1) is 57.2. The molecule has 3 rings (SSSR count). The lowest BCUT2D eigenvalue weighted by Crippen LogP contribution is -2.49. The molecule has 0 fully saturated rings. The van der Waals surface area contributed by atoms with Crippen LogP contribution in [0.4, 0.5) is 14.4 Å². The summed E-state index contributed by atoms with van der Waals surface area (Å²) in [6.07, 6.45) is 6.10. The second-order valence-corrected chi connectivity index (χ2v) is 17.3. The Morgan fingerprint density at radius 3 is 1.71 bits per heavy atom. The van der Waals surface area contributed by atoms with Crippen LogP contribution < -0.4 is 21.7 Å². The minimum atomic E-state index is -0.559. The molecule has 3 aromatic heterocycles. The predicted molar refractivity (Wildman–Crippen MR) is 249 cm³/mol. The average Bonchev–Trinajstić information content (AvgIpc) is 3.95. The smallest absolute Gasteiger partial charge is 0.407 e. The quantitative estimate of drug-likeness (QED) is 0.0628. The number of amides is 4. The molecule has 5 N–H and O–H groups in total. The van der Waals surface area contributed by atoms with Crippen molar-refractivity contribution < 1.29 is 28.7 Å². The molecule has 0 saturated carbocycles. The van der Waals surface area contributed by atoms with E-state index in [4.69, 9.17) is 15.2 Å². The fraction of sp³-hybridized carbons (Fsp3) is 0.667. The van der Waals surface area contributed by atoms with Crippen LogP contribution in [0.25, 0.3) is 0 Å². The minimum absolute atomic E-state index is 0. The largest absolute Gasteiger partial charge is 0.444 e. The number of rotatable bonds is 20. The number of nitrogens with zero attached hydrogens (tertiary/aromatic N) is 4. The Labute approximate surface area is 377 Å². The number of urea groups is 1. The number of thiazole rings is 3. The molecule has 19 heteroatoms. The number of Topliss-reactive ketones (excluding diaryl/α,β-unsaturated/α-hetero) is 1. The van der Waals surface area contributed by atoms with Gasteiger partial charge in [0.1, 0.15) is 13.2 Å². The lowest BCUT2D eigenvalue weighted by Gasteiger charge is -2.26. The van der Waals surface area contributed by atoms with Gasteiger partial charge in [0, 0.05) is 55.3 Å². The Hall–Kier alpha value is -2.88. The predicted octanol–water partition coefficient (Wildman–Crippen LogP) is 8.92. The number of aromatic nitrogens is 3. The van der Waals surface area contributed by atoms with Crippen LogP contribution in [-0.4, -0.2) is 82.9 Å². The summed E-state index contributed by atoms with van der Waals surface area (Å²) in [6, 6.07) is -0.685. The van der Waals surface area contributed by atoms with Crippen molar-refractivity contribution >= 4 is 89.8 Å². The Morgan fingerprint density at radius 2 is 1.29 bits per heavy atom. The Balaban J connectivity index is 0. The van der Waals surface area contributed by atoms with E-state index < -0.39 is 18.2 Å². The summed E-state index contributed by atoms with van der Waals surface area (Å²) in [7, 11) is 6.21. The van der Waals surface area contributed by atoms with Crippen LogP contribution in [0.2, 0.25) is 6.82 Å². The van der Waals surface area contributed by atoms with Crippen molar-refractivity contribution in [1.82, 2.24) is 35.8 Å². The Bertz CT molecular complexity index is 1530. The van der Waals surface area contributed by atoms with E-state index in [1.54, 1.807) is 46.7 Å². The van der Waals surface area contributed by atoms with Gasteiger partial charge in [-0.1, -0.05) is 48.9 Å². The molecule has 0 saturated heterocycles. The van der Waals surface area contributed by atoms with Gasteiger partial charge in [-0.3, -0.25) is 14.8 Å². The topological polar surface area (TPSA) is 191 Å². The normalized spacial score (nSPS) is 13.0. The van der Waals surface area contributed by atoms with Crippen LogP contribution in [0.15, 0.2) is 28.8 Å². The number of carbonyl (C=O) groups is 4. The van der Waals surface area contributed by atoms with Gasteiger partial charge in [-0.25, -0.2) is 19.4 Å². The highest BCUT2D eigenvalue weighted by Crippen LogP contribution is 2.20. The number of carbonyl (C=O) groups excluding carboxylic acids is 4. The maximum absolute atomic E-state index is 13.1. The van der Waals surface area contributed by atoms with E-state index in [9.17, 15) is 19.2 Å². The van der Waals surface area contributed by atoms with Gasteiger partial charge in [0.2, 0.25) is 0 Å². The summed E-state index contributed by atoms with van der Waals surface area (Å²) in [5.74, 6) is 0.456. The number of nitrogens with one attached hydrogen (secondary N) is 3. The van der Waals surface area contributed by atoms with Crippen molar-refractivity contribution in [1.29, 1.82) is 0 Å². The lowest BCUT2D eigenvalue weighted by molar-refractivity contribution is -0.122. The molecule has 4 amide bonds. The monoisotopic (exact) mass is 978 g/mol. The molecule has 0 aliphatic carbocycles. The summed E-state index contributed by atoms with van der Waals surface area (Å²) in [5, 5.41) is 11.5. The molecule has 58 heavy (non-hydrogen) atoms. The van der Waals surface area contributed by atoms with Gasteiger partial charge in [0.05, 0.1) is 51.9 Å². The molecule has 3 heterocycles. The fourth-order valence-electron chi connectivity index (χ4n) is 4.99. The molecule has 0 unspecified atom stereocenters. The van der Waals surface area contributed by atoms with Crippen molar-refractivity contribution in [3.8, 4) is 0 Å². The molecule has 0 aliphatic rings. The zero-order chi connectivity index (χ0) is 42.2. The minimum Gasteiger partial charge on any atom is -0.444 e. The summed E-state index contributed by atoms with van der Waals surface area (Å²) >= 11 is 4.50. The summed E-state index contributed by atoms with van der Waals surface area (Å²) in [5.41, 5.74) is 9.90. The molecular formula is C39H68BIN8O6S3. The van der Waals surface area contributed by atoms with Crippen molar-refractivity contribution in [2.45, 2.75) is 152 Å². The van der Waals surface area contributed by atoms with Gasteiger partial charge >= 0.3 is 18.2 Å². The van der Waals surface area contributed by atoms with Gasteiger partial charge < -0.3 is 36.1 Å². The third-order valence-electron chi connectivity index (χ3n) is 8.19. The van der Waals surface area contributed by atoms with Crippen LogP contribution in [0.1, 0.15) is 121 Å². The second-order valence-electron chi connectivity index (χ2n) is 14.4. The van der Waals surface area contributed by atoms with Gasteiger partial charge in [0.15, 0.2) is 5.78 Å². The van der Waals surface area contributed by atoms with Crippen LogP contribution in [0.5, 0.6) is 0 Å². The van der Waals surface area contributed by atoms with Crippen LogP contribution in [0.3, 0.4) is 0 Å². The van der Waals surface area contributed by atoms with E-state index in [0.29, 0.717) is 18.9 Å². The van der Waals surface area contributed by atoms with Crippen molar-refractivity contribution in [2.75, 3.05) is 7.05 Å². The third kappa shape index (κ3) is 24.9. The molecular weight excluding hydrogens is 910 g/mol. The second kappa shape index (κ2) is 32.0. The van der Waals surface area contributed by atoms with Crippen LogP contribution >= 0.6 is 58.0 Å². The van der Waals surface area contributed by atoms with E-state index in [-0.39, 0.29) is 86.4 Å². The first-order valence-corrected chi connectivity index (χ1v) is 21.6. The number of halogens is 1. The summed E-state index contributed by atoms with van der Waals surface area (Å²) in [6.45, 7) is 18.3. The number of alkyl carbamates (subject to hydrolysis) is 2. The van der Waals surface area contributed by atoms with E-state index in [0.717, 1.165) is 46.1 Å². The molecule has 2 radical (unpaired) electrons. The Morgan fingerprint density at radius 1 is 0.793 bits per heavy atom. The van der Waals surface area contributed by atoms with Crippen molar-refractivity contribution in [3.05, 3.63) is 49.3 Å².